The molecule has 86 valence electrons. The first-order valence-corrected chi connectivity index (χ1v) is 5.59. The predicted molar refractivity (Wildman–Crippen MR) is 64.0 cm³/mol. The van der Waals surface area contributed by atoms with Crippen LogP contribution in [0.2, 0.25) is 0 Å². The first-order valence-electron chi connectivity index (χ1n) is 5.59. The third kappa shape index (κ3) is 1.61. The molecule has 0 atom stereocenters. The Morgan fingerprint density at radius 3 is 2.31 bits per heavy atom. The van der Waals surface area contributed by atoms with E-state index in [0.717, 1.165) is 18.4 Å². The van der Waals surface area contributed by atoms with Crippen molar-refractivity contribution in [2.45, 2.75) is 24.3 Å². The quantitative estimate of drug-likeness (QED) is 0.809. The molecular formula is C13H18N2O. The second kappa shape index (κ2) is 3.91. The minimum atomic E-state index is -0.371. The van der Waals surface area contributed by atoms with E-state index in [9.17, 15) is 4.79 Å². The largest absolute Gasteiger partial charge is 0.348 e. The molecule has 0 radical (unpaired) electrons. The molecule has 2 rings (SSSR count). The molecule has 0 spiro atoms. The maximum absolute atomic E-state index is 12.3. The lowest BCUT2D eigenvalue weighted by atomic mass is 9.61. The molecule has 2 N–H and O–H groups in total. The van der Waals surface area contributed by atoms with Crippen LogP contribution in [0.4, 0.5) is 0 Å². The van der Waals surface area contributed by atoms with Crippen LogP contribution in [0.3, 0.4) is 0 Å². The van der Waals surface area contributed by atoms with Crippen molar-refractivity contribution in [3.05, 3.63) is 35.9 Å². The van der Waals surface area contributed by atoms with E-state index < -0.39 is 0 Å². The summed E-state index contributed by atoms with van der Waals surface area (Å²) in [7, 11) is 3.60. The number of likely N-dealkylation sites (N-methyl/N-ethyl adjacent to an activating group) is 1. The number of rotatable bonds is 2. The molecular weight excluding hydrogens is 200 g/mol. The molecule has 1 amide bonds. The van der Waals surface area contributed by atoms with E-state index in [1.807, 2.05) is 30.3 Å². The van der Waals surface area contributed by atoms with Gasteiger partial charge in [0.15, 0.2) is 0 Å². The van der Waals surface area contributed by atoms with Crippen molar-refractivity contribution in [3.63, 3.8) is 0 Å². The Balaban J connectivity index is 2.35. The molecule has 1 aromatic carbocycles. The Bertz CT molecular complexity index is 380. The summed E-state index contributed by atoms with van der Waals surface area (Å²) in [5, 5.41) is 0. The Hall–Kier alpha value is -1.35. The van der Waals surface area contributed by atoms with Gasteiger partial charge in [0.25, 0.3) is 0 Å². The molecule has 1 aromatic rings. The molecule has 0 bridgehead atoms. The van der Waals surface area contributed by atoms with Crippen LogP contribution in [0, 0.1) is 0 Å². The number of carbonyl (C=O) groups excluding carboxylic acids is 1. The third-order valence-corrected chi connectivity index (χ3v) is 3.36. The van der Waals surface area contributed by atoms with Crippen LogP contribution in [-0.2, 0) is 10.2 Å². The van der Waals surface area contributed by atoms with Gasteiger partial charge in [-0.3, -0.25) is 4.79 Å². The lowest BCUT2D eigenvalue weighted by molar-refractivity contribution is -0.138. The standard InChI is InChI=1S/C13H18N2O/c1-15(2)12(16)13(8-11(14)9-13)10-6-4-3-5-7-10/h3-7,11H,8-9,14H2,1-2H3/t11-,13-. The molecule has 1 aliphatic rings. The van der Waals surface area contributed by atoms with Gasteiger partial charge >= 0.3 is 0 Å². The average molecular weight is 218 g/mol. The fraction of sp³-hybridized carbons (Fsp3) is 0.462. The maximum Gasteiger partial charge on any atom is 0.232 e. The van der Waals surface area contributed by atoms with Crippen LogP contribution in [-0.4, -0.2) is 30.9 Å². The molecule has 0 aromatic heterocycles. The van der Waals surface area contributed by atoms with E-state index in [0.29, 0.717) is 0 Å². The Morgan fingerprint density at radius 1 is 1.31 bits per heavy atom. The molecule has 1 saturated carbocycles. The van der Waals surface area contributed by atoms with Crippen molar-refractivity contribution in [2.75, 3.05) is 14.1 Å². The zero-order valence-electron chi connectivity index (χ0n) is 9.81. The number of carbonyl (C=O) groups is 1. The smallest absolute Gasteiger partial charge is 0.232 e. The van der Waals surface area contributed by atoms with E-state index in [1.165, 1.54) is 0 Å². The van der Waals surface area contributed by atoms with Crippen LogP contribution >= 0.6 is 0 Å². The molecule has 1 aliphatic carbocycles. The predicted octanol–water partition coefficient (Wildman–Crippen LogP) is 1.13. The highest BCUT2D eigenvalue weighted by molar-refractivity contribution is 5.89. The summed E-state index contributed by atoms with van der Waals surface area (Å²) < 4.78 is 0. The van der Waals surface area contributed by atoms with Gasteiger partial charge in [0.2, 0.25) is 5.91 Å². The molecule has 1 fully saturated rings. The summed E-state index contributed by atoms with van der Waals surface area (Å²) in [5.41, 5.74) is 6.58. The highest BCUT2D eigenvalue weighted by Gasteiger charge is 2.50. The fourth-order valence-electron chi connectivity index (χ4n) is 2.55. The van der Waals surface area contributed by atoms with Crippen molar-refractivity contribution in [1.82, 2.24) is 4.90 Å². The molecule has 16 heavy (non-hydrogen) atoms. The van der Waals surface area contributed by atoms with Crippen LogP contribution in [0.25, 0.3) is 0 Å². The van der Waals surface area contributed by atoms with E-state index in [2.05, 4.69) is 0 Å². The third-order valence-electron chi connectivity index (χ3n) is 3.36. The number of hydrogen-bond acceptors (Lipinski definition) is 2. The van der Waals surface area contributed by atoms with E-state index in [4.69, 9.17) is 5.73 Å². The fourth-order valence-corrected chi connectivity index (χ4v) is 2.55. The second-order valence-corrected chi connectivity index (χ2v) is 4.82. The van der Waals surface area contributed by atoms with Gasteiger partial charge in [0.05, 0.1) is 5.41 Å². The van der Waals surface area contributed by atoms with Gasteiger partial charge in [-0.2, -0.15) is 0 Å². The summed E-state index contributed by atoms with van der Waals surface area (Å²) in [6, 6.07) is 10.1. The van der Waals surface area contributed by atoms with Crippen molar-refractivity contribution < 1.29 is 4.79 Å². The normalized spacial score (nSPS) is 28.3. The van der Waals surface area contributed by atoms with Crippen LogP contribution in [0.5, 0.6) is 0 Å². The lowest BCUT2D eigenvalue weighted by Gasteiger charge is -2.46. The van der Waals surface area contributed by atoms with E-state index in [1.54, 1.807) is 19.0 Å². The van der Waals surface area contributed by atoms with Crippen molar-refractivity contribution in [1.29, 1.82) is 0 Å². The SMILES string of the molecule is CN(C)C(=O)[C@]1(c2ccccc2)C[C@@H](N)C1. The van der Waals surface area contributed by atoms with Gasteiger partial charge in [-0.15, -0.1) is 0 Å². The summed E-state index contributed by atoms with van der Waals surface area (Å²) in [5.74, 6) is 0.167. The van der Waals surface area contributed by atoms with Gasteiger partial charge in [0.1, 0.15) is 0 Å². The molecule has 0 heterocycles. The number of hydrogen-bond donors (Lipinski definition) is 1. The Kier molecular flexibility index (Phi) is 2.72. The summed E-state index contributed by atoms with van der Waals surface area (Å²) in [6.07, 6.45) is 1.52. The summed E-state index contributed by atoms with van der Waals surface area (Å²) in [6.45, 7) is 0. The monoisotopic (exact) mass is 218 g/mol. The highest BCUT2D eigenvalue weighted by atomic mass is 16.2. The maximum atomic E-state index is 12.3. The topological polar surface area (TPSA) is 46.3 Å². The molecule has 0 unspecified atom stereocenters. The van der Waals surface area contributed by atoms with Crippen LogP contribution < -0.4 is 5.73 Å². The molecule has 0 saturated heterocycles. The van der Waals surface area contributed by atoms with Gasteiger partial charge < -0.3 is 10.6 Å². The molecule has 3 heteroatoms. The van der Waals surface area contributed by atoms with Crippen molar-refractivity contribution in [3.8, 4) is 0 Å². The van der Waals surface area contributed by atoms with Gasteiger partial charge in [-0.05, 0) is 18.4 Å². The molecule has 3 nitrogen and oxygen atoms in total. The number of nitrogens with zero attached hydrogens (tertiary/aromatic N) is 1. The Labute approximate surface area is 96.2 Å². The van der Waals surface area contributed by atoms with Crippen LogP contribution in [0.1, 0.15) is 18.4 Å². The van der Waals surface area contributed by atoms with Crippen molar-refractivity contribution >= 4 is 5.91 Å². The van der Waals surface area contributed by atoms with Crippen LogP contribution in [0.15, 0.2) is 30.3 Å². The van der Waals surface area contributed by atoms with Crippen molar-refractivity contribution in [2.24, 2.45) is 5.73 Å². The minimum Gasteiger partial charge on any atom is -0.348 e. The first-order chi connectivity index (χ1) is 7.56. The van der Waals surface area contributed by atoms with Gasteiger partial charge in [-0.25, -0.2) is 0 Å². The second-order valence-electron chi connectivity index (χ2n) is 4.82. The molecule has 0 aliphatic heterocycles. The average Bonchev–Trinajstić information content (AvgIpc) is 2.24. The summed E-state index contributed by atoms with van der Waals surface area (Å²) in [4.78, 5) is 13.9. The summed E-state index contributed by atoms with van der Waals surface area (Å²) >= 11 is 0. The van der Waals surface area contributed by atoms with E-state index in [-0.39, 0.29) is 17.4 Å². The lowest BCUT2D eigenvalue weighted by Crippen LogP contribution is -2.57. The number of amides is 1. The number of benzene rings is 1. The van der Waals surface area contributed by atoms with Gasteiger partial charge in [0, 0.05) is 20.1 Å². The minimum absolute atomic E-state index is 0.157. The van der Waals surface area contributed by atoms with Gasteiger partial charge in [-0.1, -0.05) is 30.3 Å². The van der Waals surface area contributed by atoms with E-state index >= 15 is 0 Å². The highest BCUT2D eigenvalue weighted by Crippen LogP contribution is 2.44. The number of nitrogens with two attached hydrogens (primary N) is 1. The zero-order valence-corrected chi connectivity index (χ0v) is 9.81. The Morgan fingerprint density at radius 2 is 1.88 bits per heavy atom. The first kappa shape index (κ1) is 11.1. The zero-order chi connectivity index (χ0) is 11.8.